The van der Waals surface area contributed by atoms with Crippen LogP contribution < -0.4 is 5.73 Å². The van der Waals surface area contributed by atoms with Crippen molar-refractivity contribution in [2.24, 2.45) is 5.73 Å². The monoisotopic (exact) mass is 180 g/mol. The minimum absolute atomic E-state index is 0.574. The van der Waals surface area contributed by atoms with Crippen LogP contribution in [-0.4, -0.2) is 18.0 Å². The Hall–Kier alpha value is -0.800. The summed E-state index contributed by atoms with van der Waals surface area (Å²) in [6.07, 6.45) is 4.38. The molecule has 1 fully saturated rings. The molecule has 1 aromatic heterocycles. The number of nitrogens with two attached hydrogens (primary N) is 1. The predicted octanol–water partition coefficient (Wildman–Crippen LogP) is 1.33. The van der Waals surface area contributed by atoms with E-state index in [1.165, 1.54) is 12.8 Å². The Bertz CT molecular complexity index is 278. The maximum Gasteiger partial charge on any atom is 0.122 e. The highest BCUT2D eigenvalue weighted by molar-refractivity contribution is 5.16. The lowest BCUT2D eigenvalue weighted by atomic mass is 10.2. The van der Waals surface area contributed by atoms with Crippen molar-refractivity contribution in [2.75, 3.05) is 7.05 Å². The van der Waals surface area contributed by atoms with Crippen molar-refractivity contribution in [1.82, 2.24) is 4.90 Å². The summed E-state index contributed by atoms with van der Waals surface area (Å²) in [6.45, 7) is 1.47. The molecule has 0 radical (unpaired) electrons. The fourth-order valence-electron chi connectivity index (χ4n) is 1.56. The molecule has 1 aromatic rings. The van der Waals surface area contributed by atoms with Gasteiger partial charge in [0.1, 0.15) is 5.76 Å². The second-order valence-corrected chi connectivity index (χ2v) is 3.72. The molecule has 0 unspecified atom stereocenters. The largest absolute Gasteiger partial charge is 0.468 e. The van der Waals surface area contributed by atoms with E-state index in [0.29, 0.717) is 6.54 Å². The number of furan rings is 1. The Morgan fingerprint density at radius 1 is 1.62 bits per heavy atom. The van der Waals surface area contributed by atoms with Crippen molar-refractivity contribution in [1.29, 1.82) is 0 Å². The zero-order valence-corrected chi connectivity index (χ0v) is 7.99. The topological polar surface area (TPSA) is 42.4 Å². The number of hydrogen-bond acceptors (Lipinski definition) is 3. The van der Waals surface area contributed by atoms with Crippen LogP contribution in [0.5, 0.6) is 0 Å². The summed E-state index contributed by atoms with van der Waals surface area (Å²) in [5.74, 6) is 1.02. The molecule has 0 atom stereocenters. The molecule has 0 aromatic carbocycles. The third kappa shape index (κ3) is 1.92. The highest BCUT2D eigenvalue weighted by Gasteiger charge is 2.26. The van der Waals surface area contributed by atoms with Crippen LogP contribution in [0.2, 0.25) is 0 Å². The van der Waals surface area contributed by atoms with Crippen LogP contribution in [-0.2, 0) is 13.1 Å². The summed E-state index contributed by atoms with van der Waals surface area (Å²) in [7, 11) is 2.14. The Morgan fingerprint density at radius 2 is 2.38 bits per heavy atom. The molecule has 2 rings (SSSR count). The van der Waals surface area contributed by atoms with Crippen LogP contribution in [0.25, 0.3) is 0 Å². The fourth-order valence-corrected chi connectivity index (χ4v) is 1.56. The fraction of sp³-hybridized carbons (Fsp3) is 0.600. The van der Waals surface area contributed by atoms with E-state index in [0.717, 1.165) is 23.9 Å². The quantitative estimate of drug-likeness (QED) is 0.760. The first kappa shape index (κ1) is 8.78. The van der Waals surface area contributed by atoms with Gasteiger partial charge in [-0.1, -0.05) is 0 Å². The molecule has 0 amide bonds. The van der Waals surface area contributed by atoms with Gasteiger partial charge in [-0.3, -0.25) is 4.90 Å². The van der Waals surface area contributed by atoms with E-state index >= 15 is 0 Å². The normalized spacial score (nSPS) is 16.8. The summed E-state index contributed by atoms with van der Waals surface area (Å²) in [6, 6.07) is 2.73. The Kier molecular flexibility index (Phi) is 2.38. The van der Waals surface area contributed by atoms with Gasteiger partial charge in [0.25, 0.3) is 0 Å². The molecule has 3 nitrogen and oxygen atoms in total. The summed E-state index contributed by atoms with van der Waals surface area (Å²) in [5, 5.41) is 0. The highest BCUT2D eigenvalue weighted by atomic mass is 16.3. The molecule has 0 bridgehead atoms. The van der Waals surface area contributed by atoms with Crippen molar-refractivity contribution >= 4 is 0 Å². The number of hydrogen-bond donors (Lipinski definition) is 1. The van der Waals surface area contributed by atoms with E-state index in [4.69, 9.17) is 10.2 Å². The van der Waals surface area contributed by atoms with Gasteiger partial charge in [-0.2, -0.15) is 0 Å². The SMILES string of the molecule is CN(Cc1occc1CN)C1CC1. The smallest absolute Gasteiger partial charge is 0.122 e. The van der Waals surface area contributed by atoms with Crippen molar-refractivity contribution in [3.8, 4) is 0 Å². The molecule has 1 saturated carbocycles. The minimum Gasteiger partial charge on any atom is -0.468 e. The molecule has 3 heteroatoms. The first-order valence-corrected chi connectivity index (χ1v) is 4.77. The molecule has 72 valence electrons. The molecule has 0 saturated heterocycles. The average Bonchev–Trinajstić information content (AvgIpc) is 2.88. The maximum atomic E-state index is 5.58. The molecule has 0 aliphatic heterocycles. The third-order valence-electron chi connectivity index (χ3n) is 2.62. The van der Waals surface area contributed by atoms with Gasteiger partial charge in [-0.25, -0.2) is 0 Å². The van der Waals surface area contributed by atoms with Gasteiger partial charge in [-0.05, 0) is 26.0 Å². The standard InChI is InChI=1S/C10H16N2O/c1-12(9-2-3-9)7-10-8(6-11)4-5-13-10/h4-5,9H,2-3,6-7,11H2,1H3. The van der Waals surface area contributed by atoms with Crippen molar-refractivity contribution in [3.63, 3.8) is 0 Å². The molecule has 1 aliphatic rings. The second kappa shape index (κ2) is 3.52. The van der Waals surface area contributed by atoms with Crippen LogP contribution in [0.4, 0.5) is 0 Å². The molecule has 13 heavy (non-hydrogen) atoms. The first-order valence-electron chi connectivity index (χ1n) is 4.77. The van der Waals surface area contributed by atoms with Gasteiger partial charge in [-0.15, -0.1) is 0 Å². The van der Waals surface area contributed by atoms with Gasteiger partial charge in [0.15, 0.2) is 0 Å². The first-order chi connectivity index (χ1) is 6.31. The van der Waals surface area contributed by atoms with E-state index in [1.807, 2.05) is 6.07 Å². The van der Waals surface area contributed by atoms with Crippen LogP contribution in [0.1, 0.15) is 24.2 Å². The summed E-state index contributed by atoms with van der Waals surface area (Å²) >= 11 is 0. The minimum atomic E-state index is 0.574. The molecule has 1 heterocycles. The molecule has 0 spiro atoms. The van der Waals surface area contributed by atoms with Gasteiger partial charge in [0.2, 0.25) is 0 Å². The zero-order chi connectivity index (χ0) is 9.26. The van der Waals surface area contributed by atoms with Gasteiger partial charge < -0.3 is 10.2 Å². The predicted molar refractivity (Wildman–Crippen MR) is 51.1 cm³/mol. The van der Waals surface area contributed by atoms with Gasteiger partial charge >= 0.3 is 0 Å². The van der Waals surface area contributed by atoms with E-state index in [9.17, 15) is 0 Å². The van der Waals surface area contributed by atoms with E-state index < -0.39 is 0 Å². The van der Waals surface area contributed by atoms with E-state index in [1.54, 1.807) is 6.26 Å². The van der Waals surface area contributed by atoms with Crippen LogP contribution in [0.3, 0.4) is 0 Å². The molecular weight excluding hydrogens is 164 g/mol. The zero-order valence-electron chi connectivity index (χ0n) is 7.99. The van der Waals surface area contributed by atoms with Gasteiger partial charge in [0.05, 0.1) is 12.8 Å². The van der Waals surface area contributed by atoms with Crippen LogP contribution >= 0.6 is 0 Å². The Balaban J connectivity index is 1.99. The van der Waals surface area contributed by atoms with Crippen LogP contribution in [0, 0.1) is 0 Å². The highest BCUT2D eigenvalue weighted by Crippen LogP contribution is 2.27. The summed E-state index contributed by atoms with van der Waals surface area (Å²) in [4.78, 5) is 2.33. The second-order valence-electron chi connectivity index (χ2n) is 3.72. The Morgan fingerprint density at radius 3 is 3.00 bits per heavy atom. The van der Waals surface area contributed by atoms with Crippen molar-refractivity contribution in [2.45, 2.75) is 32.0 Å². The lowest BCUT2D eigenvalue weighted by molar-refractivity contribution is 0.284. The lowest BCUT2D eigenvalue weighted by Crippen LogP contribution is -2.20. The lowest BCUT2D eigenvalue weighted by Gasteiger charge is -2.14. The number of nitrogens with zero attached hydrogens (tertiary/aromatic N) is 1. The van der Waals surface area contributed by atoms with E-state index in [2.05, 4.69) is 11.9 Å². The molecule has 1 aliphatic carbocycles. The average molecular weight is 180 g/mol. The molecule has 2 N–H and O–H groups in total. The third-order valence-corrected chi connectivity index (χ3v) is 2.62. The Labute approximate surface area is 78.5 Å². The summed E-state index contributed by atoms with van der Waals surface area (Å²) < 4.78 is 5.38. The van der Waals surface area contributed by atoms with E-state index in [-0.39, 0.29) is 0 Å². The van der Waals surface area contributed by atoms with Crippen LogP contribution in [0.15, 0.2) is 16.7 Å². The summed E-state index contributed by atoms with van der Waals surface area (Å²) in [5.41, 5.74) is 6.72. The van der Waals surface area contributed by atoms with Crippen molar-refractivity contribution in [3.05, 3.63) is 23.7 Å². The maximum absolute atomic E-state index is 5.58. The molecular formula is C10H16N2O. The number of rotatable bonds is 4. The van der Waals surface area contributed by atoms with Gasteiger partial charge in [0, 0.05) is 18.2 Å². The van der Waals surface area contributed by atoms with Crippen molar-refractivity contribution < 1.29 is 4.42 Å².